The van der Waals surface area contributed by atoms with E-state index in [0.29, 0.717) is 6.79 Å². The molecule has 1 saturated heterocycles. The lowest BCUT2D eigenvalue weighted by Crippen LogP contribution is -2.41. The van der Waals surface area contributed by atoms with E-state index in [9.17, 15) is 0 Å². The van der Waals surface area contributed by atoms with Gasteiger partial charge in [-0.15, -0.1) is 0 Å². The summed E-state index contributed by atoms with van der Waals surface area (Å²) in [4.78, 5) is 2.53. The van der Waals surface area contributed by atoms with Crippen molar-refractivity contribution in [3.63, 3.8) is 0 Å². The van der Waals surface area contributed by atoms with Crippen LogP contribution in [0.1, 0.15) is 35.6 Å². The Morgan fingerprint density at radius 1 is 0.871 bits per heavy atom. The molecule has 0 bridgehead atoms. The van der Waals surface area contributed by atoms with Gasteiger partial charge in [0.25, 0.3) is 0 Å². The fourth-order valence-electron chi connectivity index (χ4n) is 4.51. The average molecular weight is 416 g/mol. The molecule has 160 valence electrons. The van der Waals surface area contributed by atoms with Crippen LogP contribution in [0.3, 0.4) is 0 Å². The lowest BCUT2D eigenvalue weighted by Gasteiger charge is -2.35. The number of benzene rings is 3. The Morgan fingerprint density at radius 3 is 2.32 bits per heavy atom. The van der Waals surface area contributed by atoms with Crippen LogP contribution in [0.25, 0.3) is 0 Å². The van der Waals surface area contributed by atoms with E-state index in [1.165, 1.54) is 23.1 Å². The van der Waals surface area contributed by atoms with Crippen molar-refractivity contribution in [1.82, 2.24) is 4.90 Å². The molecule has 0 spiro atoms. The lowest BCUT2D eigenvalue weighted by atomic mass is 10.00. The van der Waals surface area contributed by atoms with Gasteiger partial charge in [0.05, 0.1) is 6.10 Å². The molecule has 2 aliphatic heterocycles. The second-order valence-electron chi connectivity index (χ2n) is 8.34. The predicted molar refractivity (Wildman–Crippen MR) is 122 cm³/mol. The van der Waals surface area contributed by atoms with Crippen LogP contribution in [0, 0.1) is 0 Å². The molecule has 0 N–H and O–H groups in total. The number of likely N-dealkylation sites (tertiary alicyclic amines) is 1. The van der Waals surface area contributed by atoms with E-state index in [1.807, 2.05) is 6.07 Å². The standard InChI is InChI=1S/C27H29NO3/c1-3-8-22(9-4-1)27(23-10-5-2-6-11-23)31-24-12-7-16-28(19-24)17-15-21-13-14-25-26(18-21)30-20-29-25/h1-6,8-11,13-14,18,24,27H,7,12,15-17,19-20H2/t24-/m1/s1. The normalized spacial score (nSPS) is 18.4. The first-order valence-electron chi connectivity index (χ1n) is 11.2. The summed E-state index contributed by atoms with van der Waals surface area (Å²) in [5.74, 6) is 1.72. The Bertz CT molecular complexity index is 937. The highest BCUT2D eigenvalue weighted by molar-refractivity contribution is 5.44. The van der Waals surface area contributed by atoms with Gasteiger partial charge in [0.1, 0.15) is 6.10 Å². The molecule has 2 heterocycles. The van der Waals surface area contributed by atoms with Crippen LogP contribution < -0.4 is 9.47 Å². The van der Waals surface area contributed by atoms with Crippen molar-refractivity contribution in [3.05, 3.63) is 95.6 Å². The van der Waals surface area contributed by atoms with Crippen molar-refractivity contribution in [3.8, 4) is 11.5 Å². The summed E-state index contributed by atoms with van der Waals surface area (Å²) < 4.78 is 17.7. The molecule has 0 amide bonds. The van der Waals surface area contributed by atoms with Crippen molar-refractivity contribution in [2.24, 2.45) is 0 Å². The van der Waals surface area contributed by atoms with E-state index >= 15 is 0 Å². The first-order valence-corrected chi connectivity index (χ1v) is 11.2. The summed E-state index contributed by atoms with van der Waals surface area (Å²) in [7, 11) is 0. The van der Waals surface area contributed by atoms with E-state index in [0.717, 1.165) is 44.0 Å². The van der Waals surface area contributed by atoms with Crippen molar-refractivity contribution in [1.29, 1.82) is 0 Å². The van der Waals surface area contributed by atoms with E-state index in [2.05, 4.69) is 77.7 Å². The van der Waals surface area contributed by atoms with Gasteiger partial charge in [0.2, 0.25) is 6.79 Å². The zero-order valence-corrected chi connectivity index (χ0v) is 17.8. The van der Waals surface area contributed by atoms with Gasteiger partial charge in [0, 0.05) is 13.1 Å². The Hall–Kier alpha value is -2.82. The number of hydrogen-bond acceptors (Lipinski definition) is 4. The molecule has 0 aliphatic carbocycles. The number of rotatable bonds is 7. The fraction of sp³-hybridized carbons (Fsp3) is 0.333. The SMILES string of the molecule is c1ccc(C(O[C@@H]2CCCN(CCc3ccc4c(c3)OCO4)C2)c2ccccc2)cc1. The van der Waals surface area contributed by atoms with Gasteiger partial charge in [-0.25, -0.2) is 0 Å². The second kappa shape index (κ2) is 9.54. The van der Waals surface area contributed by atoms with E-state index in [1.54, 1.807) is 0 Å². The van der Waals surface area contributed by atoms with Crippen LogP contribution >= 0.6 is 0 Å². The van der Waals surface area contributed by atoms with Crippen molar-refractivity contribution < 1.29 is 14.2 Å². The van der Waals surface area contributed by atoms with E-state index in [4.69, 9.17) is 14.2 Å². The van der Waals surface area contributed by atoms with Crippen LogP contribution in [0.4, 0.5) is 0 Å². The summed E-state index contributed by atoms with van der Waals surface area (Å²) in [5.41, 5.74) is 3.72. The first kappa shape index (κ1) is 20.1. The quantitative estimate of drug-likeness (QED) is 0.529. The molecule has 1 fully saturated rings. The number of fused-ring (bicyclic) bond motifs is 1. The van der Waals surface area contributed by atoms with Gasteiger partial charge in [-0.3, -0.25) is 0 Å². The van der Waals surface area contributed by atoms with Crippen molar-refractivity contribution >= 4 is 0 Å². The van der Waals surface area contributed by atoms with Gasteiger partial charge >= 0.3 is 0 Å². The van der Waals surface area contributed by atoms with Crippen LogP contribution in [-0.4, -0.2) is 37.4 Å². The number of nitrogens with zero attached hydrogens (tertiary/aromatic N) is 1. The largest absolute Gasteiger partial charge is 0.454 e. The number of ether oxygens (including phenoxy) is 3. The third-order valence-electron chi connectivity index (χ3n) is 6.15. The molecule has 0 saturated carbocycles. The Morgan fingerprint density at radius 2 is 1.58 bits per heavy atom. The first-order chi connectivity index (χ1) is 15.3. The summed E-state index contributed by atoms with van der Waals surface area (Å²) in [6.45, 7) is 3.46. The lowest BCUT2D eigenvalue weighted by molar-refractivity contribution is -0.0330. The maximum absolute atomic E-state index is 6.73. The molecule has 5 rings (SSSR count). The molecule has 3 aromatic carbocycles. The highest BCUT2D eigenvalue weighted by Crippen LogP contribution is 2.33. The maximum atomic E-state index is 6.73. The van der Waals surface area contributed by atoms with Crippen LogP contribution in [-0.2, 0) is 11.2 Å². The summed E-state index contributed by atoms with van der Waals surface area (Å²) in [6.07, 6.45) is 3.49. The summed E-state index contributed by atoms with van der Waals surface area (Å²) in [5, 5.41) is 0. The molecule has 0 aromatic heterocycles. The minimum atomic E-state index is -0.0267. The van der Waals surface area contributed by atoms with E-state index < -0.39 is 0 Å². The maximum Gasteiger partial charge on any atom is 0.231 e. The molecule has 3 aromatic rings. The highest BCUT2D eigenvalue weighted by atomic mass is 16.7. The average Bonchev–Trinajstić information content (AvgIpc) is 3.31. The Balaban J connectivity index is 1.23. The van der Waals surface area contributed by atoms with Crippen LogP contribution in [0.5, 0.6) is 11.5 Å². The zero-order chi connectivity index (χ0) is 20.9. The molecule has 31 heavy (non-hydrogen) atoms. The molecule has 2 aliphatic rings. The molecular formula is C27H29NO3. The minimum Gasteiger partial charge on any atom is -0.454 e. The molecule has 0 unspecified atom stereocenters. The third kappa shape index (κ3) is 4.92. The smallest absolute Gasteiger partial charge is 0.231 e. The topological polar surface area (TPSA) is 30.9 Å². The van der Waals surface area contributed by atoms with Crippen molar-refractivity contribution in [2.75, 3.05) is 26.4 Å². The van der Waals surface area contributed by atoms with Gasteiger partial charge in [0.15, 0.2) is 11.5 Å². The van der Waals surface area contributed by atoms with Crippen LogP contribution in [0.2, 0.25) is 0 Å². The molecule has 0 radical (unpaired) electrons. The van der Waals surface area contributed by atoms with Gasteiger partial charge in [-0.2, -0.15) is 0 Å². The molecule has 4 nitrogen and oxygen atoms in total. The fourth-order valence-corrected chi connectivity index (χ4v) is 4.51. The van der Waals surface area contributed by atoms with E-state index in [-0.39, 0.29) is 12.2 Å². The van der Waals surface area contributed by atoms with Crippen LogP contribution in [0.15, 0.2) is 78.9 Å². The highest BCUT2D eigenvalue weighted by Gasteiger charge is 2.25. The zero-order valence-electron chi connectivity index (χ0n) is 17.8. The number of hydrogen-bond donors (Lipinski definition) is 0. The Kier molecular flexibility index (Phi) is 6.19. The monoisotopic (exact) mass is 415 g/mol. The molecular weight excluding hydrogens is 386 g/mol. The Labute approximate surface area is 184 Å². The predicted octanol–water partition coefficient (Wildman–Crippen LogP) is 5.23. The third-order valence-corrected chi connectivity index (χ3v) is 6.15. The van der Waals surface area contributed by atoms with Crippen molar-refractivity contribution in [2.45, 2.75) is 31.5 Å². The van der Waals surface area contributed by atoms with Gasteiger partial charge < -0.3 is 19.1 Å². The molecule has 1 atom stereocenters. The summed E-state index contributed by atoms with van der Waals surface area (Å²) >= 11 is 0. The second-order valence-corrected chi connectivity index (χ2v) is 8.34. The van der Waals surface area contributed by atoms with Gasteiger partial charge in [-0.1, -0.05) is 66.7 Å². The minimum absolute atomic E-state index is 0.0267. The van der Waals surface area contributed by atoms with Gasteiger partial charge in [-0.05, 0) is 54.6 Å². The molecule has 4 heteroatoms. The summed E-state index contributed by atoms with van der Waals surface area (Å²) in [6, 6.07) is 27.4. The number of piperidine rings is 1.